The van der Waals surface area contributed by atoms with Gasteiger partial charge < -0.3 is 5.11 Å². The van der Waals surface area contributed by atoms with Gasteiger partial charge in [0.05, 0.1) is 0 Å². The van der Waals surface area contributed by atoms with Gasteiger partial charge in [0.1, 0.15) is 5.79 Å². The molecule has 15 heavy (non-hydrogen) atoms. The fourth-order valence-electron chi connectivity index (χ4n) is 1.20. The van der Waals surface area contributed by atoms with Gasteiger partial charge in [-0.15, -0.1) is 12.4 Å². The van der Waals surface area contributed by atoms with Crippen molar-refractivity contribution in [3.63, 3.8) is 0 Å². The Hall–Kier alpha value is -0.620. The van der Waals surface area contributed by atoms with Gasteiger partial charge in [-0.1, -0.05) is 6.58 Å². The summed E-state index contributed by atoms with van der Waals surface area (Å²) in [5.41, 5.74) is 0.218. The van der Waals surface area contributed by atoms with E-state index in [1.54, 1.807) is 21.1 Å². The number of hydrogen-bond acceptors (Lipinski definition) is 4. The number of carboxylic acid groups (broad SMARTS) is 1. The number of aliphatic carboxylic acids is 1. The molecule has 90 valence electrons. The summed E-state index contributed by atoms with van der Waals surface area (Å²) in [5, 5.41) is 17.8. The summed E-state index contributed by atoms with van der Waals surface area (Å²) in [7, 11) is 5.41. The molecule has 0 amide bonds. The number of rotatable bonds is 7. The molecule has 0 heterocycles. The van der Waals surface area contributed by atoms with E-state index in [0.717, 1.165) is 0 Å². The van der Waals surface area contributed by atoms with Crippen molar-refractivity contribution in [1.82, 2.24) is 16.0 Å². The Morgan fingerprint density at radius 1 is 1.27 bits per heavy atom. The highest BCUT2D eigenvalue weighted by Gasteiger charge is 2.23. The van der Waals surface area contributed by atoms with Crippen molar-refractivity contribution in [1.29, 1.82) is 0 Å². The zero-order valence-electron chi connectivity index (χ0n) is 9.39. The Labute approximate surface area is 96.7 Å². The molecule has 0 bridgehead atoms. The number of halogens is 1. The predicted molar refractivity (Wildman–Crippen MR) is 63.2 cm³/mol. The summed E-state index contributed by atoms with van der Waals surface area (Å²) in [4.78, 5) is 10.5. The maximum Gasteiger partial charge on any atom is 0.330 e. The Balaban J connectivity index is 0. The minimum absolute atomic E-state index is 0. The molecule has 0 radical (unpaired) electrons. The van der Waals surface area contributed by atoms with Crippen LogP contribution < -0.4 is 16.0 Å². The Morgan fingerprint density at radius 3 is 1.93 bits per heavy atom. The second-order valence-corrected chi connectivity index (χ2v) is 3.06. The second-order valence-electron chi connectivity index (χ2n) is 3.06. The average molecular weight is 238 g/mol. The van der Waals surface area contributed by atoms with E-state index in [2.05, 4.69) is 22.5 Å². The van der Waals surface area contributed by atoms with Crippen LogP contribution in [-0.2, 0) is 4.79 Å². The molecule has 4 N–H and O–H groups in total. The van der Waals surface area contributed by atoms with Crippen molar-refractivity contribution >= 4 is 18.4 Å². The topological polar surface area (TPSA) is 73.4 Å². The highest BCUT2D eigenvalue weighted by atomic mass is 35.5. The number of carbonyl (C=O) groups is 1. The number of nitrogens with one attached hydrogen (secondary N) is 3. The molecule has 6 heteroatoms. The Morgan fingerprint density at radius 2 is 1.67 bits per heavy atom. The minimum Gasteiger partial charge on any atom is -0.478 e. The third-order valence-electron chi connectivity index (χ3n) is 2.38. The lowest BCUT2D eigenvalue weighted by molar-refractivity contribution is -0.132. The van der Waals surface area contributed by atoms with E-state index in [0.29, 0.717) is 12.8 Å². The highest BCUT2D eigenvalue weighted by molar-refractivity contribution is 5.85. The normalized spacial score (nSPS) is 10.6. The maximum atomic E-state index is 10.5. The van der Waals surface area contributed by atoms with E-state index < -0.39 is 11.8 Å². The standard InChI is InChI=1S/C9H19N3O2.ClH/c1-7(8(13)14)5-6-9(10-2,11-3)12-4;/h10-12H,1,5-6H2,2-4H3,(H,13,14);1H. The van der Waals surface area contributed by atoms with Crippen LogP contribution in [0.5, 0.6) is 0 Å². The van der Waals surface area contributed by atoms with Crippen molar-refractivity contribution < 1.29 is 9.90 Å². The van der Waals surface area contributed by atoms with Crippen molar-refractivity contribution in [3.8, 4) is 0 Å². The van der Waals surface area contributed by atoms with Gasteiger partial charge in [0.15, 0.2) is 0 Å². The summed E-state index contributed by atoms with van der Waals surface area (Å²) in [6, 6.07) is 0. The van der Waals surface area contributed by atoms with Crippen LogP contribution in [0.15, 0.2) is 12.2 Å². The molecule has 0 aromatic carbocycles. The van der Waals surface area contributed by atoms with Crippen molar-refractivity contribution in [3.05, 3.63) is 12.2 Å². The van der Waals surface area contributed by atoms with Gasteiger partial charge in [-0.25, -0.2) is 4.79 Å². The molecular weight excluding hydrogens is 218 g/mol. The molecule has 0 aliphatic carbocycles. The summed E-state index contributed by atoms with van der Waals surface area (Å²) >= 11 is 0. The lowest BCUT2D eigenvalue weighted by Gasteiger charge is -2.32. The van der Waals surface area contributed by atoms with E-state index in [4.69, 9.17) is 5.11 Å². The highest BCUT2D eigenvalue weighted by Crippen LogP contribution is 2.10. The quantitative estimate of drug-likeness (QED) is 0.375. The molecule has 0 aliphatic heterocycles. The first-order valence-electron chi connectivity index (χ1n) is 4.49. The summed E-state index contributed by atoms with van der Waals surface area (Å²) < 4.78 is 0. The Kier molecular flexibility index (Phi) is 8.56. The largest absolute Gasteiger partial charge is 0.478 e. The number of carboxylic acids is 1. The van der Waals surface area contributed by atoms with Crippen LogP contribution >= 0.6 is 12.4 Å². The molecule has 0 rings (SSSR count). The van der Waals surface area contributed by atoms with E-state index >= 15 is 0 Å². The van der Waals surface area contributed by atoms with Crippen LogP contribution in [0.25, 0.3) is 0 Å². The van der Waals surface area contributed by atoms with Crippen molar-refractivity contribution in [2.75, 3.05) is 21.1 Å². The van der Waals surface area contributed by atoms with Crippen molar-refractivity contribution in [2.24, 2.45) is 0 Å². The molecule has 0 aromatic rings. The molecule has 0 aliphatic rings. The summed E-state index contributed by atoms with van der Waals surface area (Å²) in [5.74, 6) is -1.37. The van der Waals surface area contributed by atoms with E-state index in [-0.39, 0.29) is 18.0 Å². The SMILES string of the molecule is C=C(CCC(NC)(NC)NC)C(=O)O.Cl. The van der Waals surface area contributed by atoms with Crippen LogP contribution in [0.3, 0.4) is 0 Å². The summed E-state index contributed by atoms with van der Waals surface area (Å²) in [6.07, 6.45) is 1.04. The first kappa shape index (κ1) is 16.8. The molecule has 0 fully saturated rings. The number of hydrogen-bond donors (Lipinski definition) is 4. The molecule has 0 unspecified atom stereocenters. The first-order valence-corrected chi connectivity index (χ1v) is 4.49. The van der Waals surface area contributed by atoms with Crippen LogP contribution in [0.1, 0.15) is 12.8 Å². The van der Waals surface area contributed by atoms with Crippen LogP contribution in [0, 0.1) is 0 Å². The lowest BCUT2D eigenvalue weighted by Crippen LogP contribution is -2.63. The van der Waals surface area contributed by atoms with Gasteiger partial charge in [0, 0.05) is 5.57 Å². The monoisotopic (exact) mass is 237 g/mol. The molecule has 0 saturated carbocycles. The summed E-state index contributed by atoms with van der Waals surface area (Å²) in [6.45, 7) is 3.48. The predicted octanol–water partition coefficient (Wildman–Crippen LogP) is 0.141. The molecule has 0 atom stereocenters. The molecule has 0 saturated heterocycles. The minimum atomic E-state index is -0.942. The smallest absolute Gasteiger partial charge is 0.330 e. The Bertz CT molecular complexity index is 209. The second kappa shape index (κ2) is 7.64. The maximum absolute atomic E-state index is 10.5. The van der Waals surface area contributed by atoms with E-state index in [1.807, 2.05) is 0 Å². The van der Waals surface area contributed by atoms with Gasteiger partial charge in [0.2, 0.25) is 0 Å². The third-order valence-corrected chi connectivity index (χ3v) is 2.38. The fourth-order valence-corrected chi connectivity index (χ4v) is 1.20. The van der Waals surface area contributed by atoms with Crippen LogP contribution in [-0.4, -0.2) is 38.0 Å². The molecule has 0 aromatic heterocycles. The van der Waals surface area contributed by atoms with E-state index in [1.165, 1.54) is 0 Å². The van der Waals surface area contributed by atoms with Gasteiger partial charge >= 0.3 is 5.97 Å². The average Bonchev–Trinajstić information content (AvgIpc) is 2.20. The lowest BCUT2D eigenvalue weighted by atomic mass is 10.1. The van der Waals surface area contributed by atoms with Crippen LogP contribution in [0.2, 0.25) is 0 Å². The first-order chi connectivity index (χ1) is 6.51. The van der Waals surface area contributed by atoms with Gasteiger partial charge in [-0.2, -0.15) is 0 Å². The van der Waals surface area contributed by atoms with E-state index in [9.17, 15) is 4.79 Å². The molecule has 0 spiro atoms. The van der Waals surface area contributed by atoms with Crippen LogP contribution in [0.4, 0.5) is 0 Å². The zero-order chi connectivity index (χ0) is 11.2. The third kappa shape index (κ3) is 5.13. The van der Waals surface area contributed by atoms with Crippen molar-refractivity contribution in [2.45, 2.75) is 18.6 Å². The van der Waals surface area contributed by atoms with Gasteiger partial charge in [0.25, 0.3) is 0 Å². The van der Waals surface area contributed by atoms with Gasteiger partial charge in [-0.05, 0) is 34.0 Å². The molecular formula is C9H20ClN3O2. The fraction of sp³-hybridized carbons (Fsp3) is 0.667. The molecule has 5 nitrogen and oxygen atoms in total. The van der Waals surface area contributed by atoms with Gasteiger partial charge in [-0.3, -0.25) is 16.0 Å². The zero-order valence-corrected chi connectivity index (χ0v) is 10.2.